The van der Waals surface area contributed by atoms with Gasteiger partial charge in [0.05, 0.1) is 7.11 Å². The third-order valence-electron chi connectivity index (χ3n) is 2.31. The molecule has 0 atom stereocenters. The Morgan fingerprint density at radius 3 is 2.81 bits per heavy atom. The van der Waals surface area contributed by atoms with Crippen LogP contribution < -0.4 is 5.73 Å². The van der Waals surface area contributed by atoms with Crippen molar-refractivity contribution in [3.8, 4) is 11.1 Å². The summed E-state index contributed by atoms with van der Waals surface area (Å²) in [6, 6.07) is 9.21. The third-order valence-corrected chi connectivity index (χ3v) is 2.31. The van der Waals surface area contributed by atoms with Crippen molar-refractivity contribution in [2.45, 2.75) is 0 Å². The SMILES string of the molecule is COC(=O)c1cc(-c2cccc(N)c2)c[nH]1. The van der Waals surface area contributed by atoms with Crippen LogP contribution in [0.4, 0.5) is 5.69 Å². The molecule has 0 radical (unpaired) electrons. The monoisotopic (exact) mass is 216 g/mol. The molecule has 2 rings (SSSR count). The molecular formula is C12H12N2O2. The number of esters is 1. The van der Waals surface area contributed by atoms with Gasteiger partial charge in [-0.3, -0.25) is 0 Å². The van der Waals surface area contributed by atoms with Crippen LogP contribution in [0.1, 0.15) is 10.5 Å². The number of hydrogen-bond donors (Lipinski definition) is 2. The van der Waals surface area contributed by atoms with E-state index in [9.17, 15) is 4.79 Å². The second kappa shape index (κ2) is 4.10. The maximum absolute atomic E-state index is 11.2. The van der Waals surface area contributed by atoms with Gasteiger partial charge in [0.1, 0.15) is 5.69 Å². The summed E-state index contributed by atoms with van der Waals surface area (Å²) >= 11 is 0. The summed E-state index contributed by atoms with van der Waals surface area (Å²) in [4.78, 5) is 14.1. The molecule has 0 aliphatic rings. The number of nitrogens with one attached hydrogen (secondary N) is 1. The predicted molar refractivity (Wildman–Crippen MR) is 62.0 cm³/mol. The molecule has 0 unspecified atom stereocenters. The average Bonchev–Trinajstić information content (AvgIpc) is 2.77. The molecule has 1 heterocycles. The Morgan fingerprint density at radius 2 is 2.12 bits per heavy atom. The van der Waals surface area contributed by atoms with Crippen LogP contribution in [0.3, 0.4) is 0 Å². The summed E-state index contributed by atoms with van der Waals surface area (Å²) in [5.41, 5.74) is 8.68. The van der Waals surface area contributed by atoms with Crippen molar-refractivity contribution < 1.29 is 9.53 Å². The number of ether oxygens (including phenoxy) is 1. The minimum atomic E-state index is -0.379. The highest BCUT2D eigenvalue weighted by atomic mass is 16.5. The van der Waals surface area contributed by atoms with Gasteiger partial charge in [-0.15, -0.1) is 0 Å². The molecule has 1 aromatic heterocycles. The van der Waals surface area contributed by atoms with Gasteiger partial charge in [0, 0.05) is 17.4 Å². The maximum Gasteiger partial charge on any atom is 0.354 e. The van der Waals surface area contributed by atoms with Gasteiger partial charge in [0.25, 0.3) is 0 Å². The van der Waals surface area contributed by atoms with Gasteiger partial charge in [0.2, 0.25) is 0 Å². The summed E-state index contributed by atoms with van der Waals surface area (Å²) < 4.78 is 4.61. The summed E-state index contributed by atoms with van der Waals surface area (Å²) in [6.07, 6.45) is 1.75. The van der Waals surface area contributed by atoms with E-state index < -0.39 is 0 Å². The van der Waals surface area contributed by atoms with E-state index in [4.69, 9.17) is 5.73 Å². The Kier molecular flexibility index (Phi) is 2.64. The highest BCUT2D eigenvalue weighted by Gasteiger charge is 2.09. The number of rotatable bonds is 2. The Hall–Kier alpha value is -2.23. The van der Waals surface area contributed by atoms with Crippen LogP contribution in [-0.4, -0.2) is 18.1 Å². The van der Waals surface area contributed by atoms with E-state index in [1.54, 1.807) is 12.3 Å². The van der Waals surface area contributed by atoms with Crippen molar-refractivity contribution in [3.63, 3.8) is 0 Å². The van der Waals surface area contributed by atoms with Crippen LogP contribution in [-0.2, 0) is 4.74 Å². The predicted octanol–water partition coefficient (Wildman–Crippen LogP) is 2.05. The Morgan fingerprint density at radius 1 is 1.31 bits per heavy atom. The van der Waals surface area contributed by atoms with E-state index in [0.717, 1.165) is 11.1 Å². The number of aromatic nitrogens is 1. The largest absolute Gasteiger partial charge is 0.464 e. The third kappa shape index (κ3) is 1.91. The Labute approximate surface area is 93.0 Å². The quantitative estimate of drug-likeness (QED) is 0.596. The normalized spacial score (nSPS) is 10.1. The molecule has 0 bridgehead atoms. The molecule has 4 nitrogen and oxygen atoms in total. The zero-order chi connectivity index (χ0) is 11.5. The molecule has 0 saturated heterocycles. The Bertz CT molecular complexity index is 517. The van der Waals surface area contributed by atoms with Crippen LogP contribution in [0.2, 0.25) is 0 Å². The molecular weight excluding hydrogens is 204 g/mol. The van der Waals surface area contributed by atoms with Gasteiger partial charge in [-0.1, -0.05) is 12.1 Å². The number of H-pyrrole nitrogens is 1. The van der Waals surface area contributed by atoms with Crippen LogP contribution in [0.25, 0.3) is 11.1 Å². The highest BCUT2D eigenvalue weighted by Crippen LogP contribution is 2.22. The molecule has 2 aromatic rings. The van der Waals surface area contributed by atoms with Crippen molar-refractivity contribution >= 4 is 11.7 Å². The lowest BCUT2D eigenvalue weighted by molar-refractivity contribution is 0.0595. The van der Waals surface area contributed by atoms with Gasteiger partial charge < -0.3 is 15.5 Å². The number of methoxy groups -OCH3 is 1. The molecule has 0 saturated carbocycles. The summed E-state index contributed by atoms with van der Waals surface area (Å²) in [5.74, 6) is -0.379. The standard InChI is InChI=1S/C12H12N2O2/c1-16-12(15)11-6-9(7-14-11)8-3-2-4-10(13)5-8/h2-7,14H,13H2,1H3. The minimum absolute atomic E-state index is 0.379. The minimum Gasteiger partial charge on any atom is -0.464 e. The molecule has 0 aliphatic heterocycles. The lowest BCUT2D eigenvalue weighted by Crippen LogP contribution is -2.00. The Balaban J connectivity index is 2.35. The van der Waals surface area contributed by atoms with E-state index in [1.807, 2.05) is 24.3 Å². The zero-order valence-electron chi connectivity index (χ0n) is 8.86. The topological polar surface area (TPSA) is 68.1 Å². The summed E-state index contributed by atoms with van der Waals surface area (Å²) in [7, 11) is 1.35. The molecule has 82 valence electrons. The van der Waals surface area contributed by atoms with E-state index in [-0.39, 0.29) is 5.97 Å². The molecule has 16 heavy (non-hydrogen) atoms. The first-order chi connectivity index (χ1) is 7.70. The number of anilines is 1. The van der Waals surface area contributed by atoms with Crippen molar-refractivity contribution in [3.05, 3.63) is 42.2 Å². The molecule has 0 fully saturated rings. The van der Waals surface area contributed by atoms with Crippen molar-refractivity contribution in [2.24, 2.45) is 0 Å². The number of benzene rings is 1. The highest BCUT2D eigenvalue weighted by molar-refractivity contribution is 5.89. The number of nitrogen functional groups attached to an aromatic ring is 1. The molecule has 4 heteroatoms. The summed E-state index contributed by atoms with van der Waals surface area (Å²) in [6.45, 7) is 0. The van der Waals surface area contributed by atoms with E-state index in [2.05, 4.69) is 9.72 Å². The number of aromatic amines is 1. The average molecular weight is 216 g/mol. The number of carbonyl (C=O) groups excluding carboxylic acids is 1. The number of nitrogens with two attached hydrogens (primary N) is 1. The molecule has 0 amide bonds. The first-order valence-electron chi connectivity index (χ1n) is 4.83. The fourth-order valence-corrected chi connectivity index (χ4v) is 1.51. The van der Waals surface area contributed by atoms with Gasteiger partial charge in [-0.05, 0) is 23.8 Å². The summed E-state index contributed by atoms with van der Waals surface area (Å²) in [5, 5.41) is 0. The van der Waals surface area contributed by atoms with E-state index >= 15 is 0 Å². The maximum atomic E-state index is 11.2. The van der Waals surface area contributed by atoms with Crippen LogP contribution in [0.5, 0.6) is 0 Å². The molecule has 0 spiro atoms. The fraction of sp³-hybridized carbons (Fsp3) is 0.0833. The van der Waals surface area contributed by atoms with Gasteiger partial charge >= 0.3 is 5.97 Å². The number of carbonyl (C=O) groups is 1. The van der Waals surface area contributed by atoms with Gasteiger partial charge in [0.15, 0.2) is 0 Å². The molecule has 3 N–H and O–H groups in total. The van der Waals surface area contributed by atoms with E-state index in [0.29, 0.717) is 11.4 Å². The lowest BCUT2D eigenvalue weighted by atomic mass is 10.1. The molecule has 0 aliphatic carbocycles. The molecule has 1 aromatic carbocycles. The number of hydrogen-bond acceptors (Lipinski definition) is 3. The first kappa shape index (κ1) is 10.3. The second-order valence-corrected chi connectivity index (χ2v) is 3.42. The van der Waals surface area contributed by atoms with Gasteiger partial charge in [-0.2, -0.15) is 0 Å². The fourth-order valence-electron chi connectivity index (χ4n) is 1.51. The second-order valence-electron chi connectivity index (χ2n) is 3.42. The van der Waals surface area contributed by atoms with E-state index in [1.165, 1.54) is 7.11 Å². The lowest BCUT2D eigenvalue weighted by Gasteiger charge is -1.98. The van der Waals surface area contributed by atoms with Crippen LogP contribution >= 0.6 is 0 Å². The smallest absolute Gasteiger partial charge is 0.354 e. The zero-order valence-corrected chi connectivity index (χ0v) is 8.86. The first-order valence-corrected chi connectivity index (χ1v) is 4.83. The van der Waals surface area contributed by atoms with Crippen molar-refractivity contribution in [2.75, 3.05) is 12.8 Å². The van der Waals surface area contributed by atoms with Crippen molar-refractivity contribution in [1.29, 1.82) is 0 Å². The van der Waals surface area contributed by atoms with Crippen LogP contribution in [0.15, 0.2) is 36.5 Å². The van der Waals surface area contributed by atoms with Crippen LogP contribution in [0, 0.1) is 0 Å². The van der Waals surface area contributed by atoms with Gasteiger partial charge in [-0.25, -0.2) is 4.79 Å². The van der Waals surface area contributed by atoms with Crippen molar-refractivity contribution in [1.82, 2.24) is 4.98 Å².